The third-order valence-electron chi connectivity index (χ3n) is 5.69. The number of rotatable bonds is 5. The summed E-state index contributed by atoms with van der Waals surface area (Å²) in [5.74, 6) is 2.15. The summed E-state index contributed by atoms with van der Waals surface area (Å²) >= 11 is 1.48. The van der Waals surface area contributed by atoms with E-state index in [1.54, 1.807) is 0 Å². The molecule has 1 amide bonds. The SMILES string of the molecule is O=C(CSc1ccc2c(c1)OCCCO2)N(C1CCCC1)[C@@H]1CCS(=O)(=O)C1. The van der Waals surface area contributed by atoms with E-state index in [1.165, 1.54) is 11.8 Å². The zero-order chi connectivity index (χ0) is 19.6. The van der Waals surface area contributed by atoms with Gasteiger partial charge in [0.25, 0.3) is 0 Å². The second-order valence-corrected chi connectivity index (χ2v) is 11.0. The van der Waals surface area contributed by atoms with Crippen LogP contribution in [0.25, 0.3) is 0 Å². The third kappa shape index (κ3) is 4.59. The molecular weight excluding hydrogens is 398 g/mol. The molecule has 0 radical (unpaired) electrons. The number of ether oxygens (including phenoxy) is 2. The van der Waals surface area contributed by atoms with Crippen LogP contribution < -0.4 is 9.47 Å². The van der Waals surface area contributed by atoms with Crippen LogP contribution in [-0.4, -0.2) is 61.8 Å². The highest BCUT2D eigenvalue weighted by Gasteiger charge is 2.38. The lowest BCUT2D eigenvalue weighted by atomic mass is 10.1. The van der Waals surface area contributed by atoms with Crippen molar-refractivity contribution in [3.63, 3.8) is 0 Å². The molecule has 1 aromatic carbocycles. The summed E-state index contributed by atoms with van der Waals surface area (Å²) in [6.45, 7) is 1.28. The Morgan fingerprint density at radius 3 is 2.50 bits per heavy atom. The number of carbonyl (C=O) groups is 1. The van der Waals surface area contributed by atoms with Crippen molar-refractivity contribution < 1.29 is 22.7 Å². The van der Waals surface area contributed by atoms with E-state index in [0.29, 0.717) is 25.4 Å². The largest absolute Gasteiger partial charge is 0.490 e. The molecule has 8 heteroatoms. The molecule has 6 nitrogen and oxygen atoms in total. The molecule has 1 aliphatic carbocycles. The number of benzene rings is 1. The van der Waals surface area contributed by atoms with Crippen LogP contribution >= 0.6 is 11.8 Å². The van der Waals surface area contributed by atoms with Gasteiger partial charge in [-0.25, -0.2) is 8.42 Å². The third-order valence-corrected chi connectivity index (χ3v) is 8.42. The van der Waals surface area contributed by atoms with Gasteiger partial charge in [0.1, 0.15) is 0 Å². The Hall–Kier alpha value is -1.41. The second-order valence-electron chi connectivity index (χ2n) is 7.74. The van der Waals surface area contributed by atoms with E-state index in [0.717, 1.165) is 48.5 Å². The summed E-state index contributed by atoms with van der Waals surface area (Å²) in [5.41, 5.74) is 0. The predicted molar refractivity (Wildman–Crippen MR) is 109 cm³/mol. The minimum Gasteiger partial charge on any atom is -0.490 e. The quantitative estimate of drug-likeness (QED) is 0.676. The number of thioether (sulfide) groups is 1. The van der Waals surface area contributed by atoms with Gasteiger partial charge in [0.15, 0.2) is 21.3 Å². The fourth-order valence-corrected chi connectivity index (χ4v) is 6.84. The molecule has 0 N–H and O–H groups in total. The molecule has 154 valence electrons. The summed E-state index contributed by atoms with van der Waals surface area (Å²) in [5, 5.41) is 0. The number of nitrogens with zero attached hydrogens (tertiary/aromatic N) is 1. The molecule has 2 fully saturated rings. The van der Waals surface area contributed by atoms with Gasteiger partial charge in [-0.15, -0.1) is 11.8 Å². The molecular formula is C20H27NO5S2. The molecule has 28 heavy (non-hydrogen) atoms. The molecule has 1 aromatic rings. The van der Waals surface area contributed by atoms with Gasteiger partial charge in [-0.3, -0.25) is 4.79 Å². The smallest absolute Gasteiger partial charge is 0.233 e. The van der Waals surface area contributed by atoms with Crippen LogP contribution in [0.5, 0.6) is 11.5 Å². The molecule has 2 aliphatic heterocycles. The van der Waals surface area contributed by atoms with Crippen molar-refractivity contribution in [3.8, 4) is 11.5 Å². The van der Waals surface area contributed by atoms with Crippen molar-refractivity contribution >= 4 is 27.5 Å². The Labute approximate surface area is 170 Å². The molecule has 0 spiro atoms. The van der Waals surface area contributed by atoms with Gasteiger partial charge < -0.3 is 14.4 Å². The molecule has 1 atom stereocenters. The number of hydrogen-bond donors (Lipinski definition) is 0. The Kier molecular flexibility index (Phi) is 6.06. The van der Waals surface area contributed by atoms with Crippen LogP contribution in [0.15, 0.2) is 23.1 Å². The van der Waals surface area contributed by atoms with Gasteiger partial charge in [0, 0.05) is 23.4 Å². The van der Waals surface area contributed by atoms with Crippen molar-refractivity contribution in [2.45, 2.75) is 55.5 Å². The van der Waals surface area contributed by atoms with Crippen LogP contribution in [0, 0.1) is 0 Å². The lowest BCUT2D eigenvalue weighted by molar-refractivity contribution is -0.132. The van der Waals surface area contributed by atoms with E-state index in [1.807, 2.05) is 23.1 Å². The van der Waals surface area contributed by atoms with Crippen LogP contribution in [0.1, 0.15) is 38.5 Å². The molecule has 1 saturated carbocycles. The topological polar surface area (TPSA) is 72.9 Å². The highest BCUT2D eigenvalue weighted by Crippen LogP contribution is 2.35. The number of fused-ring (bicyclic) bond motifs is 1. The minimum absolute atomic E-state index is 0.0473. The summed E-state index contributed by atoms with van der Waals surface area (Å²) in [7, 11) is -3.02. The summed E-state index contributed by atoms with van der Waals surface area (Å²) in [6, 6.07) is 5.80. The fourth-order valence-electron chi connectivity index (χ4n) is 4.34. The van der Waals surface area contributed by atoms with Gasteiger partial charge in [-0.1, -0.05) is 12.8 Å². The van der Waals surface area contributed by atoms with Crippen LogP contribution in [0.3, 0.4) is 0 Å². The van der Waals surface area contributed by atoms with E-state index >= 15 is 0 Å². The first-order chi connectivity index (χ1) is 13.5. The highest BCUT2D eigenvalue weighted by molar-refractivity contribution is 8.00. The average Bonchev–Trinajstić information content (AvgIpc) is 3.24. The van der Waals surface area contributed by atoms with Crippen molar-refractivity contribution in [1.82, 2.24) is 4.90 Å². The highest BCUT2D eigenvalue weighted by atomic mass is 32.2. The molecule has 2 heterocycles. The average molecular weight is 426 g/mol. The van der Waals surface area contributed by atoms with Crippen LogP contribution in [0.4, 0.5) is 0 Å². The van der Waals surface area contributed by atoms with Gasteiger partial charge >= 0.3 is 0 Å². The monoisotopic (exact) mass is 425 g/mol. The first-order valence-corrected chi connectivity index (χ1v) is 12.9. The second kappa shape index (κ2) is 8.53. The Morgan fingerprint density at radius 1 is 1.04 bits per heavy atom. The Balaban J connectivity index is 1.43. The molecule has 1 saturated heterocycles. The van der Waals surface area contributed by atoms with E-state index in [9.17, 15) is 13.2 Å². The maximum Gasteiger partial charge on any atom is 0.233 e. The van der Waals surface area contributed by atoms with E-state index in [4.69, 9.17) is 9.47 Å². The standard InChI is InChI=1S/C20H27NO5S2/c22-20(13-27-17-6-7-18-19(12-17)26-10-3-9-25-18)21(15-4-1-2-5-15)16-8-11-28(23,24)14-16/h6-7,12,15-16H,1-5,8-11,13-14H2/t16-/m1/s1. The predicted octanol–water partition coefficient (Wildman–Crippen LogP) is 2.90. The van der Waals surface area contributed by atoms with Crippen molar-refractivity contribution in [2.75, 3.05) is 30.5 Å². The number of sulfone groups is 1. The maximum atomic E-state index is 13.1. The first-order valence-electron chi connectivity index (χ1n) is 10.1. The molecule has 3 aliphatic rings. The van der Waals surface area contributed by atoms with Crippen molar-refractivity contribution in [2.24, 2.45) is 0 Å². The zero-order valence-electron chi connectivity index (χ0n) is 16.0. The molecule has 0 aromatic heterocycles. The van der Waals surface area contributed by atoms with Gasteiger partial charge in [-0.2, -0.15) is 0 Å². The van der Waals surface area contributed by atoms with E-state index in [2.05, 4.69) is 0 Å². The lowest BCUT2D eigenvalue weighted by Crippen LogP contribution is -2.47. The molecule has 0 unspecified atom stereocenters. The Bertz CT molecular complexity index is 820. The zero-order valence-corrected chi connectivity index (χ0v) is 17.6. The van der Waals surface area contributed by atoms with Gasteiger partial charge in [-0.05, 0) is 37.5 Å². The maximum absolute atomic E-state index is 13.1. The van der Waals surface area contributed by atoms with E-state index in [-0.39, 0.29) is 29.5 Å². The van der Waals surface area contributed by atoms with Crippen LogP contribution in [-0.2, 0) is 14.6 Å². The van der Waals surface area contributed by atoms with Crippen LogP contribution in [0.2, 0.25) is 0 Å². The summed E-state index contributed by atoms with van der Waals surface area (Å²) < 4.78 is 35.3. The summed E-state index contributed by atoms with van der Waals surface area (Å²) in [4.78, 5) is 16.0. The fraction of sp³-hybridized carbons (Fsp3) is 0.650. The first kappa shape index (κ1) is 19.9. The number of amides is 1. The summed E-state index contributed by atoms with van der Waals surface area (Å²) in [6.07, 6.45) is 5.62. The molecule has 4 rings (SSSR count). The lowest BCUT2D eigenvalue weighted by Gasteiger charge is -2.34. The van der Waals surface area contributed by atoms with Crippen molar-refractivity contribution in [3.05, 3.63) is 18.2 Å². The normalized spacial score (nSPS) is 24.1. The van der Waals surface area contributed by atoms with Crippen molar-refractivity contribution in [1.29, 1.82) is 0 Å². The Morgan fingerprint density at radius 2 is 1.79 bits per heavy atom. The molecule has 0 bridgehead atoms. The number of carbonyl (C=O) groups excluding carboxylic acids is 1. The number of hydrogen-bond acceptors (Lipinski definition) is 6. The van der Waals surface area contributed by atoms with E-state index < -0.39 is 9.84 Å². The minimum atomic E-state index is -3.02. The van der Waals surface area contributed by atoms with Gasteiger partial charge in [0.2, 0.25) is 5.91 Å². The van der Waals surface area contributed by atoms with Gasteiger partial charge in [0.05, 0.1) is 30.5 Å².